The van der Waals surface area contributed by atoms with E-state index in [1.807, 2.05) is 0 Å². The molecule has 0 saturated carbocycles. The molecule has 0 saturated heterocycles. The van der Waals surface area contributed by atoms with Crippen LogP contribution in [-0.2, 0) is 19.4 Å². The zero-order chi connectivity index (χ0) is 20.8. The highest BCUT2D eigenvalue weighted by Crippen LogP contribution is 2.48. The number of benzene rings is 1. The van der Waals surface area contributed by atoms with Gasteiger partial charge >= 0.3 is 5.97 Å². The standard InChI is InChI=1S/C17H12BrClF2N2O4S/c1-7(2)17(24)27-14-12-13(23-6-5-22-12)16(21)28(25,26)15(14)10-9(20)4-3-8(18)11(10)19/h3-7,16H,1-2H3. The van der Waals surface area contributed by atoms with Crippen molar-refractivity contribution in [2.24, 2.45) is 5.92 Å². The normalized spacial score (nSPS) is 18.2. The van der Waals surface area contributed by atoms with E-state index < -0.39 is 55.0 Å². The van der Waals surface area contributed by atoms with Crippen LogP contribution < -0.4 is 0 Å². The van der Waals surface area contributed by atoms with Crippen molar-refractivity contribution < 1.29 is 26.7 Å². The highest BCUT2D eigenvalue weighted by molar-refractivity contribution is 9.10. The number of hydrogen-bond donors (Lipinski definition) is 0. The molecule has 1 unspecified atom stereocenters. The first-order chi connectivity index (χ1) is 13.1. The highest BCUT2D eigenvalue weighted by atomic mass is 79.9. The molecule has 3 rings (SSSR count). The molecule has 11 heteroatoms. The Bertz CT molecular complexity index is 1120. The molecular formula is C17H12BrClF2N2O4S. The summed E-state index contributed by atoms with van der Waals surface area (Å²) in [4.78, 5) is 18.9. The number of alkyl halides is 1. The number of ether oxygens (including phenoxy) is 1. The topological polar surface area (TPSA) is 86.2 Å². The average molecular weight is 494 g/mol. The largest absolute Gasteiger partial charge is 0.422 e. The zero-order valence-electron chi connectivity index (χ0n) is 14.4. The molecule has 1 aromatic carbocycles. The number of nitrogens with zero attached hydrogens (tertiary/aromatic N) is 2. The summed E-state index contributed by atoms with van der Waals surface area (Å²) in [7, 11) is -4.86. The SMILES string of the molecule is CC(C)C(=O)OC1=C(c2c(F)ccc(Br)c2Cl)S(=O)(=O)C(F)c2nccnc21. The number of fused-ring (bicyclic) bond motifs is 1. The van der Waals surface area contributed by atoms with Gasteiger partial charge in [0.05, 0.1) is 16.5 Å². The molecule has 6 nitrogen and oxygen atoms in total. The molecule has 2 aromatic rings. The summed E-state index contributed by atoms with van der Waals surface area (Å²) in [5.41, 5.74) is -4.13. The van der Waals surface area contributed by atoms with Crippen LogP contribution in [-0.4, -0.2) is 24.4 Å². The molecule has 2 heterocycles. The maximum absolute atomic E-state index is 14.9. The van der Waals surface area contributed by atoms with Crippen molar-refractivity contribution in [3.63, 3.8) is 0 Å². The van der Waals surface area contributed by atoms with E-state index in [4.69, 9.17) is 16.3 Å². The lowest BCUT2D eigenvalue weighted by Crippen LogP contribution is -2.24. The van der Waals surface area contributed by atoms with Gasteiger partial charge in [-0.25, -0.2) is 22.2 Å². The van der Waals surface area contributed by atoms with Gasteiger partial charge in [0.1, 0.15) is 22.1 Å². The smallest absolute Gasteiger partial charge is 0.313 e. The second-order valence-corrected chi connectivity index (χ2v) is 9.25. The average Bonchev–Trinajstić information content (AvgIpc) is 2.65. The third-order valence-corrected chi connectivity index (χ3v) is 6.87. The molecule has 28 heavy (non-hydrogen) atoms. The van der Waals surface area contributed by atoms with Gasteiger partial charge in [0.2, 0.25) is 15.3 Å². The van der Waals surface area contributed by atoms with Gasteiger partial charge in [0.25, 0.3) is 0 Å². The van der Waals surface area contributed by atoms with E-state index in [1.54, 1.807) is 0 Å². The molecule has 1 aliphatic rings. The maximum Gasteiger partial charge on any atom is 0.313 e. The molecule has 0 aliphatic carbocycles. The lowest BCUT2D eigenvalue weighted by Gasteiger charge is -2.25. The Balaban J connectivity index is 2.46. The first-order valence-electron chi connectivity index (χ1n) is 7.86. The van der Waals surface area contributed by atoms with Crippen LogP contribution in [0.15, 0.2) is 29.0 Å². The van der Waals surface area contributed by atoms with Crippen molar-refractivity contribution in [3.8, 4) is 0 Å². The number of halogens is 4. The van der Waals surface area contributed by atoms with Gasteiger partial charge in [0.15, 0.2) is 5.76 Å². The molecule has 1 atom stereocenters. The number of hydrogen-bond acceptors (Lipinski definition) is 6. The Hall–Kier alpha value is -1.91. The van der Waals surface area contributed by atoms with Gasteiger partial charge in [-0.1, -0.05) is 25.4 Å². The van der Waals surface area contributed by atoms with Crippen molar-refractivity contribution in [1.29, 1.82) is 0 Å². The van der Waals surface area contributed by atoms with Crippen LogP contribution >= 0.6 is 27.5 Å². The Morgan fingerprint density at radius 3 is 2.57 bits per heavy atom. The van der Waals surface area contributed by atoms with E-state index in [2.05, 4.69) is 25.9 Å². The molecule has 1 aromatic heterocycles. The van der Waals surface area contributed by atoms with E-state index in [0.29, 0.717) is 0 Å². The van der Waals surface area contributed by atoms with E-state index >= 15 is 0 Å². The first kappa shape index (κ1) is 20.8. The van der Waals surface area contributed by atoms with Crippen LogP contribution in [0.4, 0.5) is 8.78 Å². The Labute approximate surface area is 172 Å². The monoisotopic (exact) mass is 492 g/mol. The van der Waals surface area contributed by atoms with Crippen LogP contribution in [0.2, 0.25) is 5.02 Å². The fourth-order valence-corrected chi connectivity index (χ4v) is 4.67. The predicted octanol–water partition coefficient (Wildman–Crippen LogP) is 4.45. The van der Waals surface area contributed by atoms with Gasteiger partial charge in [0, 0.05) is 16.9 Å². The van der Waals surface area contributed by atoms with Crippen molar-refractivity contribution in [3.05, 3.63) is 56.8 Å². The molecule has 0 amide bonds. The maximum atomic E-state index is 14.9. The highest BCUT2D eigenvalue weighted by Gasteiger charge is 2.46. The van der Waals surface area contributed by atoms with Crippen LogP contribution in [0.3, 0.4) is 0 Å². The molecule has 0 N–H and O–H groups in total. The summed E-state index contributed by atoms with van der Waals surface area (Å²) >= 11 is 9.19. The van der Waals surface area contributed by atoms with Crippen LogP contribution in [0.1, 0.15) is 36.3 Å². The Morgan fingerprint density at radius 2 is 1.93 bits per heavy atom. The minimum atomic E-state index is -4.86. The van der Waals surface area contributed by atoms with E-state index in [0.717, 1.165) is 12.3 Å². The number of carbonyl (C=O) groups excluding carboxylic acids is 1. The zero-order valence-corrected chi connectivity index (χ0v) is 17.6. The number of sulfone groups is 1. The van der Waals surface area contributed by atoms with Crippen LogP contribution in [0.25, 0.3) is 10.7 Å². The first-order valence-corrected chi connectivity index (χ1v) is 10.6. The Kier molecular flexibility index (Phi) is 5.57. The summed E-state index contributed by atoms with van der Waals surface area (Å²) in [6.45, 7) is 3.03. The minimum absolute atomic E-state index is 0.170. The molecule has 0 spiro atoms. The Morgan fingerprint density at radius 1 is 1.29 bits per heavy atom. The number of esters is 1. The van der Waals surface area contributed by atoms with Gasteiger partial charge < -0.3 is 4.74 Å². The quantitative estimate of drug-likeness (QED) is 0.464. The summed E-state index contributed by atoms with van der Waals surface area (Å²) in [6.07, 6.45) is 2.27. The fraction of sp³-hybridized carbons (Fsp3) is 0.235. The third-order valence-electron chi connectivity index (χ3n) is 3.86. The number of carbonyl (C=O) groups is 1. The molecule has 0 fully saturated rings. The van der Waals surface area contributed by atoms with Crippen LogP contribution in [0, 0.1) is 11.7 Å². The van der Waals surface area contributed by atoms with Crippen molar-refractivity contribution in [2.45, 2.75) is 19.4 Å². The number of rotatable bonds is 3. The van der Waals surface area contributed by atoms with E-state index in [-0.39, 0.29) is 15.2 Å². The second-order valence-electron chi connectivity index (χ2n) is 6.10. The summed E-state index contributed by atoms with van der Waals surface area (Å²) in [5, 5.41) is -0.323. The van der Waals surface area contributed by atoms with E-state index in [9.17, 15) is 22.0 Å². The summed E-state index contributed by atoms with van der Waals surface area (Å²) in [6, 6.07) is 2.22. The molecule has 148 valence electrons. The van der Waals surface area contributed by atoms with E-state index in [1.165, 1.54) is 26.1 Å². The molecule has 0 radical (unpaired) electrons. The third kappa shape index (κ3) is 3.33. The lowest BCUT2D eigenvalue weighted by molar-refractivity contribution is -0.140. The number of aromatic nitrogens is 2. The van der Waals surface area contributed by atoms with Crippen molar-refractivity contribution in [2.75, 3.05) is 0 Å². The molecular weight excluding hydrogens is 482 g/mol. The van der Waals surface area contributed by atoms with Gasteiger partial charge in [-0.2, -0.15) is 0 Å². The van der Waals surface area contributed by atoms with Gasteiger partial charge in [-0.05, 0) is 28.1 Å². The lowest BCUT2D eigenvalue weighted by atomic mass is 10.1. The summed E-state index contributed by atoms with van der Waals surface area (Å²) < 4.78 is 60.8. The van der Waals surface area contributed by atoms with Gasteiger partial charge in [-0.3, -0.25) is 9.78 Å². The second kappa shape index (κ2) is 7.49. The van der Waals surface area contributed by atoms with Gasteiger partial charge in [-0.15, -0.1) is 0 Å². The van der Waals surface area contributed by atoms with Crippen LogP contribution in [0.5, 0.6) is 0 Å². The minimum Gasteiger partial charge on any atom is -0.422 e. The molecule has 1 aliphatic heterocycles. The van der Waals surface area contributed by atoms with Crippen molar-refractivity contribution >= 4 is 54.0 Å². The van der Waals surface area contributed by atoms with Crippen molar-refractivity contribution in [1.82, 2.24) is 9.97 Å². The predicted molar refractivity (Wildman–Crippen MR) is 102 cm³/mol. The molecule has 0 bridgehead atoms. The fourth-order valence-electron chi connectivity index (χ4n) is 2.48. The summed E-state index contributed by atoms with van der Waals surface area (Å²) in [5.74, 6) is -3.12.